The lowest BCUT2D eigenvalue weighted by Gasteiger charge is -2.41. The maximum absolute atomic E-state index is 13.4. The van der Waals surface area contributed by atoms with Gasteiger partial charge in [0.1, 0.15) is 5.78 Å². The molecule has 1 aliphatic heterocycles. The van der Waals surface area contributed by atoms with E-state index in [2.05, 4.69) is 18.8 Å². The van der Waals surface area contributed by atoms with Crippen LogP contribution in [0.1, 0.15) is 58.4 Å². The average Bonchev–Trinajstić information content (AvgIpc) is 2.77. The summed E-state index contributed by atoms with van der Waals surface area (Å²) in [5, 5.41) is 0. The van der Waals surface area contributed by atoms with Gasteiger partial charge in [0, 0.05) is 29.8 Å². The minimum Gasteiger partial charge on any atom is -0.463 e. The number of carbonyl (C=O) groups excluding carboxylic acids is 2. The fourth-order valence-electron chi connectivity index (χ4n) is 4.95. The van der Waals surface area contributed by atoms with Crippen LogP contribution in [0.25, 0.3) is 11.3 Å². The SMILES string of the molecule is CCOC(=O)C1=C(CC)N=C2CC(C)(C)CC(=O)C2C1c1ccc(-c2ccccc2)nc1. The number of carbonyl (C=O) groups is 2. The molecule has 0 N–H and O–H groups in total. The molecule has 1 aliphatic carbocycles. The molecule has 2 aromatic rings. The summed E-state index contributed by atoms with van der Waals surface area (Å²) in [5.74, 6) is -1.12. The second-order valence-electron chi connectivity index (χ2n) is 9.32. The van der Waals surface area contributed by atoms with Gasteiger partial charge < -0.3 is 4.74 Å². The van der Waals surface area contributed by atoms with Crippen LogP contribution in [0, 0.1) is 11.3 Å². The van der Waals surface area contributed by atoms with Crippen molar-refractivity contribution in [3.05, 3.63) is 65.5 Å². The summed E-state index contributed by atoms with van der Waals surface area (Å²) in [6.07, 6.45) is 3.62. The minimum absolute atomic E-state index is 0.132. The van der Waals surface area contributed by atoms with Crippen molar-refractivity contribution in [2.75, 3.05) is 6.61 Å². The third kappa shape index (κ3) is 4.16. The monoisotopic (exact) mass is 430 g/mol. The number of esters is 1. The third-order valence-corrected chi connectivity index (χ3v) is 6.30. The van der Waals surface area contributed by atoms with Crippen LogP contribution in [0.2, 0.25) is 0 Å². The highest BCUT2D eigenvalue weighted by atomic mass is 16.5. The highest BCUT2D eigenvalue weighted by molar-refractivity contribution is 6.12. The summed E-state index contributed by atoms with van der Waals surface area (Å²) in [6, 6.07) is 13.9. The number of nitrogens with zero attached hydrogens (tertiary/aromatic N) is 2. The Morgan fingerprint density at radius 2 is 1.81 bits per heavy atom. The van der Waals surface area contributed by atoms with Crippen molar-refractivity contribution in [1.82, 2.24) is 4.98 Å². The molecule has 5 heteroatoms. The van der Waals surface area contributed by atoms with E-state index in [4.69, 9.17) is 9.73 Å². The molecule has 2 heterocycles. The Kier molecular flexibility index (Phi) is 6.09. The van der Waals surface area contributed by atoms with Crippen molar-refractivity contribution in [2.24, 2.45) is 16.3 Å². The van der Waals surface area contributed by atoms with E-state index in [9.17, 15) is 9.59 Å². The van der Waals surface area contributed by atoms with Crippen molar-refractivity contribution < 1.29 is 14.3 Å². The molecule has 0 bridgehead atoms. The summed E-state index contributed by atoms with van der Waals surface area (Å²) < 4.78 is 5.42. The lowest BCUT2D eigenvalue weighted by Crippen LogP contribution is -2.44. The standard InChI is InChI=1S/C27H30N2O3/c1-5-19-25(26(31)32-6-2)23(24-21(29-19)14-27(3,4)15-22(24)30)18-12-13-20(28-16-18)17-10-8-7-9-11-17/h7-13,16,23-24H,5-6,14-15H2,1-4H3. The topological polar surface area (TPSA) is 68.6 Å². The number of aliphatic imine (C=N–C) groups is 1. The molecule has 2 aliphatic rings. The number of benzene rings is 1. The molecular weight excluding hydrogens is 400 g/mol. The molecule has 0 amide bonds. The predicted octanol–water partition coefficient (Wildman–Crippen LogP) is 5.52. The minimum atomic E-state index is -0.442. The Morgan fingerprint density at radius 1 is 1.06 bits per heavy atom. The Labute approximate surface area is 189 Å². The number of Topliss-reactive ketones (excluding diaryl/α,β-unsaturated/α-hetero) is 1. The first-order valence-electron chi connectivity index (χ1n) is 11.4. The summed E-state index contributed by atoms with van der Waals surface area (Å²) in [6.45, 7) is 8.26. The Bertz CT molecular complexity index is 1080. The highest BCUT2D eigenvalue weighted by Crippen LogP contribution is 2.47. The smallest absolute Gasteiger partial charge is 0.336 e. The first kappa shape index (κ1) is 22.1. The number of aromatic nitrogens is 1. The number of ketones is 1. The quantitative estimate of drug-likeness (QED) is 0.586. The van der Waals surface area contributed by atoms with Gasteiger partial charge in [-0.3, -0.25) is 14.8 Å². The van der Waals surface area contributed by atoms with E-state index in [-0.39, 0.29) is 23.8 Å². The second kappa shape index (κ2) is 8.81. The fourth-order valence-corrected chi connectivity index (χ4v) is 4.95. The van der Waals surface area contributed by atoms with E-state index in [0.717, 1.165) is 34.7 Å². The molecule has 32 heavy (non-hydrogen) atoms. The average molecular weight is 431 g/mol. The van der Waals surface area contributed by atoms with Gasteiger partial charge in [0.05, 0.1) is 29.5 Å². The number of pyridine rings is 1. The van der Waals surface area contributed by atoms with Crippen molar-refractivity contribution >= 4 is 17.5 Å². The van der Waals surface area contributed by atoms with Crippen molar-refractivity contribution in [1.29, 1.82) is 0 Å². The molecule has 0 spiro atoms. The van der Waals surface area contributed by atoms with E-state index in [1.165, 1.54) is 0 Å². The number of hydrogen-bond donors (Lipinski definition) is 0. The van der Waals surface area contributed by atoms with Gasteiger partial charge in [-0.05, 0) is 36.8 Å². The van der Waals surface area contributed by atoms with E-state index in [1.54, 1.807) is 13.1 Å². The molecule has 5 nitrogen and oxygen atoms in total. The number of fused-ring (bicyclic) bond motifs is 1. The summed E-state index contributed by atoms with van der Waals surface area (Å²) >= 11 is 0. The molecule has 1 saturated carbocycles. The van der Waals surface area contributed by atoms with Gasteiger partial charge in [0.15, 0.2) is 0 Å². The lowest BCUT2D eigenvalue weighted by molar-refractivity contribution is -0.139. The summed E-state index contributed by atoms with van der Waals surface area (Å²) in [7, 11) is 0. The van der Waals surface area contributed by atoms with Crippen LogP contribution in [0.15, 0.2) is 64.9 Å². The van der Waals surface area contributed by atoms with Gasteiger partial charge >= 0.3 is 5.97 Å². The number of allylic oxidation sites excluding steroid dienone is 1. The molecule has 1 aromatic heterocycles. The third-order valence-electron chi connectivity index (χ3n) is 6.30. The zero-order chi connectivity index (χ0) is 22.9. The van der Waals surface area contributed by atoms with E-state index in [1.807, 2.05) is 49.4 Å². The van der Waals surface area contributed by atoms with Crippen LogP contribution >= 0.6 is 0 Å². The van der Waals surface area contributed by atoms with Crippen LogP contribution in [-0.4, -0.2) is 29.1 Å². The van der Waals surface area contributed by atoms with Crippen molar-refractivity contribution in [3.63, 3.8) is 0 Å². The Hall–Kier alpha value is -3.08. The van der Waals surface area contributed by atoms with Gasteiger partial charge in [-0.25, -0.2) is 4.79 Å². The van der Waals surface area contributed by atoms with Gasteiger partial charge in [0.2, 0.25) is 0 Å². The van der Waals surface area contributed by atoms with Crippen LogP contribution in [-0.2, 0) is 14.3 Å². The van der Waals surface area contributed by atoms with Crippen LogP contribution in [0.3, 0.4) is 0 Å². The van der Waals surface area contributed by atoms with Crippen LogP contribution < -0.4 is 0 Å². The van der Waals surface area contributed by atoms with E-state index in [0.29, 0.717) is 18.4 Å². The second-order valence-corrected chi connectivity index (χ2v) is 9.32. The largest absolute Gasteiger partial charge is 0.463 e. The summed E-state index contributed by atoms with van der Waals surface area (Å²) in [4.78, 5) is 36.0. The van der Waals surface area contributed by atoms with Gasteiger partial charge in [-0.15, -0.1) is 0 Å². The number of ether oxygens (including phenoxy) is 1. The van der Waals surface area contributed by atoms with Crippen molar-refractivity contribution in [3.8, 4) is 11.3 Å². The maximum Gasteiger partial charge on any atom is 0.336 e. The molecule has 0 radical (unpaired) electrons. The fraction of sp³-hybridized carbons (Fsp3) is 0.407. The molecule has 4 rings (SSSR count). The highest BCUT2D eigenvalue weighted by Gasteiger charge is 2.48. The molecule has 2 unspecified atom stereocenters. The van der Waals surface area contributed by atoms with Crippen molar-refractivity contribution in [2.45, 2.75) is 52.9 Å². The molecule has 2 atom stereocenters. The van der Waals surface area contributed by atoms with Gasteiger partial charge in [0.25, 0.3) is 0 Å². The lowest BCUT2D eigenvalue weighted by atomic mass is 9.63. The predicted molar refractivity (Wildman–Crippen MR) is 125 cm³/mol. The van der Waals surface area contributed by atoms with Crippen LogP contribution in [0.5, 0.6) is 0 Å². The van der Waals surface area contributed by atoms with Crippen LogP contribution in [0.4, 0.5) is 0 Å². The zero-order valence-electron chi connectivity index (χ0n) is 19.2. The first-order chi connectivity index (χ1) is 15.3. The normalized spacial score (nSPS) is 22.2. The molecule has 0 saturated heterocycles. The molecule has 166 valence electrons. The summed E-state index contributed by atoms with van der Waals surface area (Å²) in [5.41, 5.74) is 4.70. The van der Waals surface area contributed by atoms with E-state index < -0.39 is 11.8 Å². The molecule has 1 aromatic carbocycles. The van der Waals surface area contributed by atoms with E-state index >= 15 is 0 Å². The Balaban J connectivity index is 1.83. The molecule has 1 fully saturated rings. The maximum atomic E-state index is 13.4. The molecular formula is C27H30N2O3. The van der Waals surface area contributed by atoms with Gasteiger partial charge in [-0.2, -0.15) is 0 Å². The first-order valence-corrected chi connectivity index (χ1v) is 11.4. The Morgan fingerprint density at radius 3 is 2.44 bits per heavy atom. The zero-order valence-corrected chi connectivity index (χ0v) is 19.2. The number of rotatable bonds is 5. The number of hydrogen-bond acceptors (Lipinski definition) is 5. The van der Waals surface area contributed by atoms with Gasteiger partial charge in [-0.1, -0.05) is 57.2 Å².